The molecule has 0 spiro atoms. The second kappa shape index (κ2) is 5.81. The number of rotatable bonds is 5. The molecule has 1 amide bonds. The molecule has 22 heavy (non-hydrogen) atoms. The number of amides is 1. The Morgan fingerprint density at radius 1 is 1.09 bits per heavy atom. The van der Waals surface area contributed by atoms with E-state index >= 15 is 0 Å². The Labute approximate surface area is 130 Å². The molecule has 0 aromatic heterocycles. The number of anilines is 1. The maximum atomic E-state index is 12.4. The predicted molar refractivity (Wildman–Crippen MR) is 85.0 cm³/mol. The first-order valence-corrected chi connectivity index (χ1v) is 7.26. The molecule has 0 N–H and O–H groups in total. The molecule has 2 aromatic carbocycles. The van der Waals surface area contributed by atoms with E-state index in [2.05, 4.69) is 0 Å². The van der Waals surface area contributed by atoms with Crippen LogP contribution >= 0.6 is 0 Å². The molecule has 0 bridgehead atoms. The predicted octanol–water partition coefficient (Wildman–Crippen LogP) is 3.02. The molecule has 1 atom stereocenters. The Morgan fingerprint density at radius 3 is 2.36 bits per heavy atom. The lowest BCUT2D eigenvalue weighted by atomic mass is 9.94. The molecule has 1 aliphatic heterocycles. The first-order valence-electron chi connectivity index (χ1n) is 7.26. The second-order valence-electron chi connectivity index (χ2n) is 5.59. The SMILES string of the molecule is COc1ccc(N2CC(C)(OCc3ccccc3)C2=O)cc1. The van der Waals surface area contributed by atoms with Crippen molar-refractivity contribution in [1.29, 1.82) is 0 Å². The number of carbonyl (C=O) groups is 1. The van der Waals surface area contributed by atoms with Gasteiger partial charge in [0, 0.05) is 5.69 Å². The fourth-order valence-corrected chi connectivity index (χ4v) is 2.53. The van der Waals surface area contributed by atoms with Gasteiger partial charge in [0.2, 0.25) is 0 Å². The van der Waals surface area contributed by atoms with Gasteiger partial charge in [-0.25, -0.2) is 0 Å². The van der Waals surface area contributed by atoms with Gasteiger partial charge in [-0.2, -0.15) is 0 Å². The third-order valence-corrected chi connectivity index (χ3v) is 3.94. The molecule has 1 aliphatic rings. The lowest BCUT2D eigenvalue weighted by molar-refractivity contribution is -0.154. The molecule has 4 nitrogen and oxygen atoms in total. The third-order valence-electron chi connectivity index (χ3n) is 3.94. The molecule has 3 rings (SSSR count). The van der Waals surface area contributed by atoms with Crippen LogP contribution in [0, 0.1) is 0 Å². The zero-order valence-electron chi connectivity index (χ0n) is 12.8. The minimum absolute atomic E-state index is 0.00593. The summed E-state index contributed by atoms with van der Waals surface area (Å²) in [7, 11) is 1.62. The Morgan fingerprint density at radius 2 is 1.77 bits per heavy atom. The van der Waals surface area contributed by atoms with Crippen molar-refractivity contribution in [3.8, 4) is 5.75 Å². The standard InChI is InChI=1S/C18H19NO3/c1-18(22-12-14-6-4-3-5-7-14)13-19(17(18)20)15-8-10-16(21-2)11-9-15/h3-11H,12-13H2,1-2H3. The summed E-state index contributed by atoms with van der Waals surface area (Å²) in [5.41, 5.74) is 1.20. The van der Waals surface area contributed by atoms with Gasteiger partial charge < -0.3 is 14.4 Å². The Bertz CT molecular complexity index is 654. The molecule has 0 saturated carbocycles. The maximum Gasteiger partial charge on any atom is 0.260 e. The van der Waals surface area contributed by atoms with E-state index in [4.69, 9.17) is 9.47 Å². The van der Waals surface area contributed by atoms with Crippen LogP contribution in [0.2, 0.25) is 0 Å². The summed E-state index contributed by atoms with van der Waals surface area (Å²) in [5.74, 6) is 0.772. The fourth-order valence-electron chi connectivity index (χ4n) is 2.53. The number of ether oxygens (including phenoxy) is 2. The normalized spacial score (nSPS) is 20.6. The van der Waals surface area contributed by atoms with Crippen LogP contribution in [-0.2, 0) is 16.1 Å². The lowest BCUT2D eigenvalue weighted by Crippen LogP contribution is -2.66. The molecular formula is C18H19NO3. The van der Waals surface area contributed by atoms with Gasteiger partial charge in [-0.1, -0.05) is 30.3 Å². The van der Waals surface area contributed by atoms with Gasteiger partial charge in [-0.15, -0.1) is 0 Å². The highest BCUT2D eigenvalue weighted by Crippen LogP contribution is 2.33. The summed E-state index contributed by atoms with van der Waals surface area (Å²) in [5, 5.41) is 0. The molecule has 2 aromatic rings. The van der Waals surface area contributed by atoms with Gasteiger partial charge in [0.1, 0.15) is 5.75 Å². The van der Waals surface area contributed by atoms with Gasteiger partial charge in [0.25, 0.3) is 5.91 Å². The Balaban J connectivity index is 1.62. The number of β-lactam (4-membered cyclic amide) rings is 1. The average Bonchev–Trinajstić information content (AvgIpc) is 2.58. The molecule has 1 saturated heterocycles. The van der Waals surface area contributed by atoms with Crippen molar-refractivity contribution in [2.45, 2.75) is 19.1 Å². The van der Waals surface area contributed by atoms with E-state index in [1.54, 1.807) is 12.0 Å². The first kappa shape index (κ1) is 14.6. The van der Waals surface area contributed by atoms with Crippen molar-refractivity contribution in [3.63, 3.8) is 0 Å². The van der Waals surface area contributed by atoms with Gasteiger partial charge >= 0.3 is 0 Å². The van der Waals surface area contributed by atoms with Crippen LogP contribution in [-0.4, -0.2) is 25.2 Å². The van der Waals surface area contributed by atoms with Gasteiger partial charge in [0.15, 0.2) is 5.60 Å². The number of methoxy groups -OCH3 is 1. The number of carbonyl (C=O) groups excluding carboxylic acids is 1. The van der Waals surface area contributed by atoms with Crippen LogP contribution in [0.1, 0.15) is 12.5 Å². The lowest BCUT2D eigenvalue weighted by Gasteiger charge is -2.46. The smallest absolute Gasteiger partial charge is 0.260 e. The summed E-state index contributed by atoms with van der Waals surface area (Å²) in [6.45, 7) is 2.85. The van der Waals surface area contributed by atoms with E-state index in [0.717, 1.165) is 17.0 Å². The van der Waals surface area contributed by atoms with Gasteiger partial charge in [-0.3, -0.25) is 4.79 Å². The van der Waals surface area contributed by atoms with Crippen LogP contribution in [0.25, 0.3) is 0 Å². The molecule has 4 heteroatoms. The highest BCUT2D eigenvalue weighted by atomic mass is 16.5. The van der Waals surface area contributed by atoms with E-state index in [9.17, 15) is 4.79 Å². The molecule has 1 heterocycles. The highest BCUT2D eigenvalue weighted by molar-refractivity contribution is 6.06. The van der Waals surface area contributed by atoms with Crippen LogP contribution in [0.4, 0.5) is 5.69 Å². The second-order valence-corrected chi connectivity index (χ2v) is 5.59. The fraction of sp³-hybridized carbons (Fsp3) is 0.278. The first-order chi connectivity index (χ1) is 10.6. The van der Waals surface area contributed by atoms with E-state index in [-0.39, 0.29) is 5.91 Å². The van der Waals surface area contributed by atoms with Crippen molar-refractivity contribution in [3.05, 3.63) is 60.2 Å². The van der Waals surface area contributed by atoms with Gasteiger partial charge in [-0.05, 0) is 36.8 Å². The van der Waals surface area contributed by atoms with Crippen LogP contribution in [0.15, 0.2) is 54.6 Å². The van der Waals surface area contributed by atoms with Crippen molar-refractivity contribution < 1.29 is 14.3 Å². The summed E-state index contributed by atoms with van der Waals surface area (Å²) >= 11 is 0. The third kappa shape index (κ3) is 2.70. The summed E-state index contributed by atoms with van der Waals surface area (Å²) in [6, 6.07) is 17.3. The topological polar surface area (TPSA) is 38.8 Å². The Kier molecular flexibility index (Phi) is 3.86. The summed E-state index contributed by atoms with van der Waals surface area (Å²) < 4.78 is 11.0. The van der Waals surface area contributed by atoms with Crippen molar-refractivity contribution >= 4 is 11.6 Å². The summed E-state index contributed by atoms with van der Waals surface area (Å²) in [4.78, 5) is 14.2. The quantitative estimate of drug-likeness (QED) is 0.796. The van der Waals surface area contributed by atoms with Crippen molar-refractivity contribution in [2.24, 2.45) is 0 Å². The van der Waals surface area contributed by atoms with Crippen molar-refractivity contribution in [2.75, 3.05) is 18.6 Å². The van der Waals surface area contributed by atoms with Crippen LogP contribution < -0.4 is 9.64 Å². The van der Waals surface area contributed by atoms with Crippen LogP contribution in [0.5, 0.6) is 5.75 Å². The summed E-state index contributed by atoms with van der Waals surface area (Å²) in [6.07, 6.45) is 0. The number of benzene rings is 2. The minimum Gasteiger partial charge on any atom is -0.497 e. The van der Waals surface area contributed by atoms with Gasteiger partial charge in [0.05, 0.1) is 20.3 Å². The monoisotopic (exact) mass is 297 g/mol. The number of hydrogen-bond donors (Lipinski definition) is 0. The largest absolute Gasteiger partial charge is 0.497 e. The van der Waals surface area contributed by atoms with Crippen molar-refractivity contribution in [1.82, 2.24) is 0 Å². The molecule has 1 unspecified atom stereocenters. The Hall–Kier alpha value is -2.33. The number of nitrogens with zero attached hydrogens (tertiary/aromatic N) is 1. The van der Waals surface area contributed by atoms with Crippen LogP contribution in [0.3, 0.4) is 0 Å². The van der Waals surface area contributed by atoms with E-state index < -0.39 is 5.60 Å². The number of hydrogen-bond acceptors (Lipinski definition) is 3. The molecule has 0 radical (unpaired) electrons. The molecule has 0 aliphatic carbocycles. The zero-order chi connectivity index (χ0) is 15.6. The highest BCUT2D eigenvalue weighted by Gasteiger charge is 2.50. The molecular weight excluding hydrogens is 278 g/mol. The van der Waals surface area contributed by atoms with E-state index in [1.807, 2.05) is 61.5 Å². The van der Waals surface area contributed by atoms with E-state index in [0.29, 0.717) is 13.2 Å². The minimum atomic E-state index is -0.740. The zero-order valence-corrected chi connectivity index (χ0v) is 12.8. The molecule has 114 valence electrons. The maximum absolute atomic E-state index is 12.4. The van der Waals surface area contributed by atoms with E-state index in [1.165, 1.54) is 0 Å². The average molecular weight is 297 g/mol. The molecule has 1 fully saturated rings.